The summed E-state index contributed by atoms with van der Waals surface area (Å²) in [6.45, 7) is 2.84. The second-order valence-corrected chi connectivity index (χ2v) is 5.92. The lowest BCUT2D eigenvalue weighted by Crippen LogP contribution is -2.64. The van der Waals surface area contributed by atoms with E-state index in [1.165, 1.54) is 25.7 Å². The Balaban J connectivity index is 2.08. The van der Waals surface area contributed by atoms with Crippen LogP contribution in [-0.2, 0) is 4.74 Å². The first-order valence-electron chi connectivity index (χ1n) is 7.08. The van der Waals surface area contributed by atoms with E-state index in [2.05, 4.69) is 6.92 Å². The smallest absolute Gasteiger partial charge is 0.319 e. The van der Waals surface area contributed by atoms with Crippen molar-refractivity contribution in [2.45, 2.75) is 51.2 Å². The predicted molar refractivity (Wildman–Crippen MR) is 71.6 cm³/mol. The fourth-order valence-electron chi connectivity index (χ4n) is 3.84. The van der Waals surface area contributed by atoms with E-state index in [9.17, 15) is 4.79 Å². The molecule has 0 aliphatic heterocycles. The number of rotatable bonds is 3. The molecule has 1 spiro atoms. The molecule has 18 heavy (non-hydrogen) atoms. The van der Waals surface area contributed by atoms with Crippen molar-refractivity contribution in [2.75, 3.05) is 27.7 Å². The lowest BCUT2D eigenvalue weighted by atomic mass is 9.60. The van der Waals surface area contributed by atoms with E-state index < -0.39 is 0 Å². The molecule has 2 aliphatic carbocycles. The lowest BCUT2D eigenvalue weighted by Gasteiger charge is -2.57. The number of carbonyl (C=O) groups is 1. The first-order chi connectivity index (χ1) is 8.53. The van der Waals surface area contributed by atoms with Gasteiger partial charge in [-0.05, 0) is 26.2 Å². The summed E-state index contributed by atoms with van der Waals surface area (Å²) in [7, 11) is 5.58. The molecule has 0 N–H and O–H groups in total. The second-order valence-electron chi connectivity index (χ2n) is 5.92. The average Bonchev–Trinajstić information content (AvgIpc) is 2.84. The number of nitrogens with zero attached hydrogens (tertiary/aromatic N) is 2. The molecule has 104 valence electrons. The van der Waals surface area contributed by atoms with E-state index in [4.69, 9.17) is 4.74 Å². The van der Waals surface area contributed by atoms with Crippen molar-refractivity contribution in [3.8, 4) is 0 Å². The second kappa shape index (κ2) is 5.08. The Labute approximate surface area is 110 Å². The summed E-state index contributed by atoms with van der Waals surface area (Å²) in [4.78, 5) is 15.7. The number of ether oxygens (including phenoxy) is 1. The molecule has 2 aliphatic rings. The van der Waals surface area contributed by atoms with E-state index >= 15 is 0 Å². The SMILES string of the molecule is CCO[C@H]1C[C@H](N(C)C(=O)N(C)C)C12CCCC2. The summed E-state index contributed by atoms with van der Waals surface area (Å²) >= 11 is 0. The molecule has 0 aromatic rings. The van der Waals surface area contributed by atoms with Gasteiger partial charge in [-0.2, -0.15) is 0 Å². The van der Waals surface area contributed by atoms with Crippen molar-refractivity contribution in [1.82, 2.24) is 9.80 Å². The maximum atomic E-state index is 12.1. The van der Waals surface area contributed by atoms with E-state index in [0.29, 0.717) is 12.1 Å². The molecule has 0 aromatic heterocycles. The fourth-order valence-corrected chi connectivity index (χ4v) is 3.84. The maximum Gasteiger partial charge on any atom is 0.319 e. The summed E-state index contributed by atoms with van der Waals surface area (Å²) < 4.78 is 5.88. The van der Waals surface area contributed by atoms with Gasteiger partial charge in [-0.25, -0.2) is 4.79 Å². The number of hydrogen-bond acceptors (Lipinski definition) is 2. The highest BCUT2D eigenvalue weighted by Gasteiger charge is 2.58. The zero-order valence-corrected chi connectivity index (χ0v) is 12.1. The zero-order chi connectivity index (χ0) is 13.3. The molecule has 2 rings (SSSR count). The van der Waals surface area contributed by atoms with E-state index in [1.54, 1.807) is 4.90 Å². The van der Waals surface area contributed by atoms with E-state index in [0.717, 1.165) is 13.0 Å². The van der Waals surface area contributed by atoms with Crippen LogP contribution in [0, 0.1) is 5.41 Å². The summed E-state index contributed by atoms with van der Waals surface area (Å²) in [6.07, 6.45) is 6.37. The Bertz CT molecular complexity index is 311. The Morgan fingerprint density at radius 3 is 2.39 bits per heavy atom. The van der Waals surface area contributed by atoms with Gasteiger partial charge in [0, 0.05) is 39.2 Å². The highest BCUT2D eigenvalue weighted by molar-refractivity contribution is 5.74. The quantitative estimate of drug-likeness (QED) is 0.774. The van der Waals surface area contributed by atoms with Crippen LogP contribution in [0.4, 0.5) is 4.79 Å². The summed E-state index contributed by atoms with van der Waals surface area (Å²) in [5.41, 5.74) is 0.246. The minimum absolute atomic E-state index is 0.112. The van der Waals surface area contributed by atoms with Crippen LogP contribution in [0.25, 0.3) is 0 Å². The largest absolute Gasteiger partial charge is 0.378 e. The lowest BCUT2D eigenvalue weighted by molar-refractivity contribution is -0.152. The minimum Gasteiger partial charge on any atom is -0.378 e. The van der Waals surface area contributed by atoms with Crippen LogP contribution in [0.15, 0.2) is 0 Å². The zero-order valence-electron chi connectivity index (χ0n) is 12.1. The molecular weight excluding hydrogens is 228 g/mol. The van der Waals surface area contributed by atoms with Crippen molar-refractivity contribution < 1.29 is 9.53 Å². The van der Waals surface area contributed by atoms with Gasteiger partial charge in [0.15, 0.2) is 0 Å². The number of hydrogen-bond donors (Lipinski definition) is 0. The van der Waals surface area contributed by atoms with Gasteiger partial charge in [0.05, 0.1) is 6.10 Å². The van der Waals surface area contributed by atoms with Crippen molar-refractivity contribution >= 4 is 6.03 Å². The molecule has 0 saturated heterocycles. The third-order valence-corrected chi connectivity index (χ3v) is 4.80. The van der Waals surface area contributed by atoms with Crippen LogP contribution in [-0.4, -0.2) is 55.7 Å². The van der Waals surface area contributed by atoms with Crippen molar-refractivity contribution in [3.63, 3.8) is 0 Å². The molecule has 4 heteroatoms. The molecule has 4 nitrogen and oxygen atoms in total. The van der Waals surface area contributed by atoms with Crippen molar-refractivity contribution in [3.05, 3.63) is 0 Å². The number of carbonyl (C=O) groups excluding carboxylic acids is 1. The average molecular weight is 254 g/mol. The summed E-state index contributed by atoms with van der Waals surface area (Å²) in [5.74, 6) is 0. The number of amides is 2. The standard InChI is InChI=1S/C14H26N2O2/c1-5-18-12-10-11(14(12)8-6-7-9-14)16(4)13(17)15(2)3/h11-12H,5-10H2,1-4H3/t11-,12-/m0/s1. The van der Waals surface area contributed by atoms with Gasteiger partial charge in [-0.15, -0.1) is 0 Å². The molecule has 0 radical (unpaired) electrons. The molecule has 0 unspecified atom stereocenters. The van der Waals surface area contributed by atoms with Gasteiger partial charge in [-0.1, -0.05) is 12.8 Å². The Morgan fingerprint density at radius 1 is 1.28 bits per heavy atom. The van der Waals surface area contributed by atoms with E-state index in [1.807, 2.05) is 26.0 Å². The first kappa shape index (κ1) is 13.7. The van der Waals surface area contributed by atoms with Gasteiger partial charge >= 0.3 is 6.03 Å². The fraction of sp³-hybridized carbons (Fsp3) is 0.929. The highest BCUT2D eigenvalue weighted by Crippen LogP contribution is 2.56. The number of urea groups is 1. The van der Waals surface area contributed by atoms with Gasteiger partial charge in [0.25, 0.3) is 0 Å². The normalized spacial score (nSPS) is 29.1. The molecule has 2 amide bonds. The molecule has 2 fully saturated rings. The van der Waals surface area contributed by atoms with Crippen LogP contribution in [0.1, 0.15) is 39.0 Å². The Hall–Kier alpha value is -0.770. The van der Waals surface area contributed by atoms with Crippen LogP contribution in [0.3, 0.4) is 0 Å². The minimum atomic E-state index is 0.112. The maximum absolute atomic E-state index is 12.1. The molecule has 0 heterocycles. The molecule has 0 aromatic carbocycles. The van der Waals surface area contributed by atoms with Gasteiger partial charge in [0.1, 0.15) is 0 Å². The monoisotopic (exact) mass is 254 g/mol. The molecule has 0 bridgehead atoms. The van der Waals surface area contributed by atoms with Gasteiger partial charge < -0.3 is 14.5 Å². The van der Waals surface area contributed by atoms with Crippen molar-refractivity contribution in [1.29, 1.82) is 0 Å². The molecule has 2 atom stereocenters. The van der Waals surface area contributed by atoms with Crippen LogP contribution >= 0.6 is 0 Å². The molecular formula is C14H26N2O2. The van der Waals surface area contributed by atoms with E-state index in [-0.39, 0.29) is 11.4 Å². The third-order valence-electron chi connectivity index (χ3n) is 4.80. The Morgan fingerprint density at radius 2 is 1.89 bits per heavy atom. The predicted octanol–water partition coefficient (Wildman–Crippen LogP) is 2.34. The topological polar surface area (TPSA) is 32.8 Å². The first-order valence-corrected chi connectivity index (χ1v) is 7.08. The van der Waals surface area contributed by atoms with Crippen LogP contribution in [0.5, 0.6) is 0 Å². The summed E-state index contributed by atoms with van der Waals surface area (Å²) in [5, 5.41) is 0. The van der Waals surface area contributed by atoms with Gasteiger partial charge in [0.2, 0.25) is 0 Å². The van der Waals surface area contributed by atoms with Gasteiger partial charge in [-0.3, -0.25) is 0 Å². The van der Waals surface area contributed by atoms with Crippen molar-refractivity contribution in [2.24, 2.45) is 5.41 Å². The highest BCUT2D eigenvalue weighted by atomic mass is 16.5. The van der Waals surface area contributed by atoms with Crippen LogP contribution < -0.4 is 0 Å². The van der Waals surface area contributed by atoms with Crippen LogP contribution in [0.2, 0.25) is 0 Å². The summed E-state index contributed by atoms with van der Waals surface area (Å²) in [6, 6.07) is 0.479. The third kappa shape index (κ3) is 2.00. The Kier molecular flexibility index (Phi) is 3.85. The molecule has 2 saturated carbocycles.